The molecule has 1 saturated heterocycles. The van der Waals surface area contributed by atoms with Gasteiger partial charge in [-0.3, -0.25) is 9.69 Å². The van der Waals surface area contributed by atoms with Crippen LogP contribution in [0.4, 0.5) is 0 Å². The number of fused-ring (bicyclic) bond motifs is 1. The van der Waals surface area contributed by atoms with Crippen molar-refractivity contribution in [3.8, 4) is 0 Å². The van der Waals surface area contributed by atoms with Crippen LogP contribution in [0.15, 0.2) is 30.3 Å². The van der Waals surface area contributed by atoms with Gasteiger partial charge in [0.15, 0.2) is 0 Å². The third kappa shape index (κ3) is 2.82. The molecular formula is C18H23N5O. The normalized spacial score (nSPS) is 19.3. The van der Waals surface area contributed by atoms with E-state index in [0.717, 1.165) is 62.8 Å². The summed E-state index contributed by atoms with van der Waals surface area (Å²) in [4.78, 5) is 16.8. The Balaban J connectivity index is 1.43. The maximum atomic E-state index is 12.5. The fraction of sp³-hybridized carbons (Fsp3) is 0.500. The van der Waals surface area contributed by atoms with Crippen molar-refractivity contribution in [1.82, 2.24) is 24.6 Å². The van der Waals surface area contributed by atoms with Crippen molar-refractivity contribution >= 4 is 5.91 Å². The average Bonchev–Trinajstić information content (AvgIpc) is 3.05. The largest absolute Gasteiger partial charge is 0.339 e. The van der Waals surface area contributed by atoms with E-state index >= 15 is 0 Å². The summed E-state index contributed by atoms with van der Waals surface area (Å²) < 4.78 is 2.29. The Labute approximate surface area is 142 Å². The zero-order valence-corrected chi connectivity index (χ0v) is 14.1. The predicted octanol–water partition coefficient (Wildman–Crippen LogP) is 1.74. The zero-order chi connectivity index (χ0) is 16.5. The monoisotopic (exact) mass is 325 g/mol. The summed E-state index contributed by atoms with van der Waals surface area (Å²) in [5, 5.41) is 8.84. The highest BCUT2D eigenvalue weighted by molar-refractivity contribution is 5.94. The molecule has 0 radical (unpaired) electrons. The summed E-state index contributed by atoms with van der Waals surface area (Å²) in [5.41, 5.74) is 0.777. The van der Waals surface area contributed by atoms with E-state index in [1.165, 1.54) is 0 Å². The Morgan fingerprint density at radius 2 is 1.79 bits per heavy atom. The maximum Gasteiger partial charge on any atom is 0.253 e. The summed E-state index contributed by atoms with van der Waals surface area (Å²) >= 11 is 0. The molecule has 6 nitrogen and oxygen atoms in total. The molecule has 126 valence electrons. The quantitative estimate of drug-likeness (QED) is 0.844. The number of amides is 1. The molecule has 0 aliphatic carbocycles. The first kappa shape index (κ1) is 15.3. The van der Waals surface area contributed by atoms with Gasteiger partial charge in [0, 0.05) is 37.7 Å². The van der Waals surface area contributed by atoms with E-state index in [-0.39, 0.29) is 5.91 Å². The molecule has 1 fully saturated rings. The topological polar surface area (TPSA) is 54.3 Å². The first-order chi connectivity index (χ1) is 11.7. The van der Waals surface area contributed by atoms with E-state index < -0.39 is 0 Å². The van der Waals surface area contributed by atoms with Crippen molar-refractivity contribution < 1.29 is 4.79 Å². The van der Waals surface area contributed by atoms with Gasteiger partial charge in [-0.25, -0.2) is 0 Å². The minimum Gasteiger partial charge on any atom is -0.339 e. The van der Waals surface area contributed by atoms with Crippen LogP contribution in [0.25, 0.3) is 0 Å². The molecule has 1 aromatic heterocycles. The fourth-order valence-corrected chi connectivity index (χ4v) is 3.71. The predicted molar refractivity (Wildman–Crippen MR) is 90.7 cm³/mol. The number of piperidine rings is 1. The van der Waals surface area contributed by atoms with E-state index in [9.17, 15) is 4.79 Å². The minimum absolute atomic E-state index is 0.138. The molecule has 2 aliphatic rings. The molecule has 0 bridgehead atoms. The molecule has 0 spiro atoms. The maximum absolute atomic E-state index is 12.5. The molecule has 1 aromatic carbocycles. The lowest BCUT2D eigenvalue weighted by molar-refractivity contribution is 0.0709. The Hall–Kier alpha value is -2.21. The van der Waals surface area contributed by atoms with Gasteiger partial charge < -0.3 is 9.47 Å². The summed E-state index contributed by atoms with van der Waals surface area (Å²) in [6.45, 7) is 4.47. The first-order valence-electron chi connectivity index (χ1n) is 8.67. The van der Waals surface area contributed by atoms with Gasteiger partial charge in [-0.05, 0) is 32.0 Å². The SMILES string of the molecule is CN1CCn2c(nnc2C2CCN(C(=O)c3ccccc3)CC2)C1. The molecule has 3 heterocycles. The number of carbonyl (C=O) groups excluding carboxylic acids is 1. The smallest absolute Gasteiger partial charge is 0.253 e. The Morgan fingerprint density at radius 1 is 1.04 bits per heavy atom. The van der Waals surface area contributed by atoms with Crippen molar-refractivity contribution in [3.05, 3.63) is 47.5 Å². The highest BCUT2D eigenvalue weighted by Crippen LogP contribution is 2.29. The van der Waals surface area contributed by atoms with Gasteiger partial charge in [-0.1, -0.05) is 18.2 Å². The van der Waals surface area contributed by atoms with Crippen LogP contribution in [0.1, 0.15) is 40.8 Å². The van der Waals surface area contributed by atoms with Gasteiger partial charge in [-0.2, -0.15) is 0 Å². The molecule has 0 N–H and O–H groups in total. The van der Waals surface area contributed by atoms with E-state index in [2.05, 4.69) is 26.7 Å². The highest BCUT2D eigenvalue weighted by Gasteiger charge is 2.29. The van der Waals surface area contributed by atoms with Crippen molar-refractivity contribution in [3.63, 3.8) is 0 Å². The van der Waals surface area contributed by atoms with Gasteiger partial charge in [0.05, 0.1) is 6.54 Å². The summed E-state index contributed by atoms with van der Waals surface area (Å²) in [6.07, 6.45) is 1.93. The average molecular weight is 325 g/mol. The van der Waals surface area contributed by atoms with Crippen molar-refractivity contribution in [1.29, 1.82) is 0 Å². The second-order valence-corrected chi connectivity index (χ2v) is 6.80. The van der Waals surface area contributed by atoms with Crippen LogP contribution in [0.3, 0.4) is 0 Å². The summed E-state index contributed by atoms with van der Waals surface area (Å²) in [5.74, 6) is 2.74. The number of likely N-dealkylation sites (N-methyl/N-ethyl adjacent to an activating group) is 1. The van der Waals surface area contributed by atoms with E-state index in [4.69, 9.17) is 0 Å². The van der Waals surface area contributed by atoms with Crippen LogP contribution < -0.4 is 0 Å². The van der Waals surface area contributed by atoms with Crippen LogP contribution in [-0.4, -0.2) is 57.2 Å². The molecule has 2 aromatic rings. The van der Waals surface area contributed by atoms with Crippen LogP contribution in [-0.2, 0) is 13.1 Å². The minimum atomic E-state index is 0.138. The molecule has 0 unspecified atom stereocenters. The van der Waals surface area contributed by atoms with Gasteiger partial charge >= 0.3 is 0 Å². The Morgan fingerprint density at radius 3 is 2.54 bits per heavy atom. The number of rotatable bonds is 2. The van der Waals surface area contributed by atoms with E-state index in [1.807, 2.05) is 35.2 Å². The van der Waals surface area contributed by atoms with Crippen molar-refractivity contribution in [2.45, 2.75) is 31.8 Å². The van der Waals surface area contributed by atoms with Gasteiger partial charge in [0.1, 0.15) is 11.6 Å². The fourth-order valence-electron chi connectivity index (χ4n) is 3.71. The number of carbonyl (C=O) groups is 1. The molecular weight excluding hydrogens is 302 g/mol. The van der Waals surface area contributed by atoms with Crippen molar-refractivity contribution in [2.75, 3.05) is 26.7 Å². The summed E-state index contributed by atoms with van der Waals surface area (Å²) in [7, 11) is 2.12. The van der Waals surface area contributed by atoms with Crippen LogP contribution in [0.5, 0.6) is 0 Å². The molecule has 6 heteroatoms. The van der Waals surface area contributed by atoms with Crippen LogP contribution in [0.2, 0.25) is 0 Å². The number of benzene rings is 1. The Bertz CT molecular complexity index is 718. The van der Waals surface area contributed by atoms with Crippen LogP contribution in [0, 0.1) is 0 Å². The van der Waals surface area contributed by atoms with Crippen LogP contribution >= 0.6 is 0 Å². The van der Waals surface area contributed by atoms with Crippen molar-refractivity contribution in [2.24, 2.45) is 0 Å². The third-order valence-corrected chi connectivity index (χ3v) is 5.14. The van der Waals surface area contributed by atoms with E-state index in [1.54, 1.807) is 0 Å². The molecule has 4 rings (SSSR count). The standard InChI is InChI=1S/C18H23N5O/c1-21-11-12-23-16(13-21)19-20-17(23)14-7-9-22(10-8-14)18(24)15-5-3-2-4-6-15/h2-6,14H,7-13H2,1H3. The Kier molecular flexibility index (Phi) is 4.06. The first-order valence-corrected chi connectivity index (χ1v) is 8.67. The molecule has 1 amide bonds. The molecule has 2 aliphatic heterocycles. The number of nitrogens with zero attached hydrogens (tertiary/aromatic N) is 5. The second kappa shape index (κ2) is 6.36. The van der Waals surface area contributed by atoms with E-state index in [0.29, 0.717) is 5.92 Å². The van der Waals surface area contributed by atoms with Gasteiger partial charge in [-0.15, -0.1) is 10.2 Å². The van der Waals surface area contributed by atoms with Gasteiger partial charge in [0.25, 0.3) is 5.91 Å². The third-order valence-electron chi connectivity index (χ3n) is 5.14. The number of hydrogen-bond acceptors (Lipinski definition) is 4. The lowest BCUT2D eigenvalue weighted by Crippen LogP contribution is -2.39. The molecule has 0 saturated carbocycles. The number of hydrogen-bond donors (Lipinski definition) is 0. The highest BCUT2D eigenvalue weighted by atomic mass is 16.2. The zero-order valence-electron chi connectivity index (χ0n) is 14.1. The lowest BCUT2D eigenvalue weighted by atomic mass is 9.95. The van der Waals surface area contributed by atoms with Gasteiger partial charge in [0.2, 0.25) is 0 Å². The summed E-state index contributed by atoms with van der Waals surface area (Å²) in [6, 6.07) is 9.55. The number of likely N-dealkylation sites (tertiary alicyclic amines) is 1. The molecule has 0 atom stereocenters. The number of aromatic nitrogens is 3. The second-order valence-electron chi connectivity index (χ2n) is 6.80. The lowest BCUT2D eigenvalue weighted by Gasteiger charge is -2.32. The molecule has 24 heavy (non-hydrogen) atoms.